The van der Waals surface area contributed by atoms with Gasteiger partial charge in [0, 0.05) is 4.47 Å². The number of nitrogens with one attached hydrogen (secondary N) is 1. The topological polar surface area (TPSA) is 67.9 Å². The van der Waals surface area contributed by atoms with Gasteiger partial charge >= 0.3 is 0 Å². The van der Waals surface area contributed by atoms with Crippen molar-refractivity contribution >= 4 is 39.1 Å². The van der Waals surface area contributed by atoms with Gasteiger partial charge in [-0.1, -0.05) is 28.1 Å². The van der Waals surface area contributed by atoms with Gasteiger partial charge in [0.1, 0.15) is 6.54 Å². The SMILES string of the molecule is CCOc1cc(Br)c(CC(=O)N2CC(=O)Nc3ccccc32)cc1OCC. The number of carbonyl (C=O) groups excluding carboxylic acids is 2. The summed E-state index contributed by atoms with van der Waals surface area (Å²) in [5.74, 6) is 0.861. The van der Waals surface area contributed by atoms with Crippen LogP contribution in [0.25, 0.3) is 0 Å². The van der Waals surface area contributed by atoms with Gasteiger partial charge in [-0.25, -0.2) is 0 Å². The number of benzene rings is 2. The van der Waals surface area contributed by atoms with Gasteiger partial charge < -0.3 is 19.7 Å². The summed E-state index contributed by atoms with van der Waals surface area (Å²) in [5, 5.41) is 2.79. The van der Waals surface area contributed by atoms with E-state index < -0.39 is 0 Å². The van der Waals surface area contributed by atoms with Crippen LogP contribution in [-0.4, -0.2) is 31.6 Å². The van der Waals surface area contributed by atoms with E-state index in [0.717, 1.165) is 10.0 Å². The summed E-state index contributed by atoms with van der Waals surface area (Å²) in [5.41, 5.74) is 2.12. The molecular weight excluding hydrogens is 412 g/mol. The summed E-state index contributed by atoms with van der Waals surface area (Å²) < 4.78 is 12.0. The van der Waals surface area contributed by atoms with Crippen LogP contribution < -0.4 is 19.7 Å². The van der Waals surface area contributed by atoms with Crippen LogP contribution in [0.15, 0.2) is 40.9 Å². The Morgan fingerprint density at radius 1 is 1.15 bits per heavy atom. The number of amides is 2. The highest BCUT2D eigenvalue weighted by molar-refractivity contribution is 9.10. The van der Waals surface area contributed by atoms with Gasteiger partial charge in [0.25, 0.3) is 0 Å². The van der Waals surface area contributed by atoms with Crippen molar-refractivity contribution in [1.82, 2.24) is 0 Å². The number of para-hydroxylation sites is 2. The van der Waals surface area contributed by atoms with Crippen LogP contribution >= 0.6 is 15.9 Å². The molecule has 1 N–H and O–H groups in total. The molecule has 1 aliphatic heterocycles. The summed E-state index contributed by atoms with van der Waals surface area (Å²) in [6, 6.07) is 10.9. The molecule has 0 saturated carbocycles. The fraction of sp³-hybridized carbons (Fsp3) is 0.300. The first-order chi connectivity index (χ1) is 13.0. The zero-order valence-electron chi connectivity index (χ0n) is 15.3. The van der Waals surface area contributed by atoms with E-state index in [-0.39, 0.29) is 24.8 Å². The van der Waals surface area contributed by atoms with Crippen molar-refractivity contribution in [2.45, 2.75) is 20.3 Å². The third-order valence-electron chi connectivity index (χ3n) is 4.13. The van der Waals surface area contributed by atoms with Gasteiger partial charge in [0.05, 0.1) is 31.0 Å². The van der Waals surface area contributed by atoms with Crippen LogP contribution in [0.2, 0.25) is 0 Å². The number of hydrogen-bond donors (Lipinski definition) is 1. The number of rotatable bonds is 6. The molecule has 0 unspecified atom stereocenters. The first kappa shape index (κ1) is 19.2. The number of hydrogen-bond acceptors (Lipinski definition) is 4. The maximum Gasteiger partial charge on any atom is 0.244 e. The third-order valence-corrected chi connectivity index (χ3v) is 4.86. The number of halogens is 1. The number of fused-ring (bicyclic) bond motifs is 1. The Morgan fingerprint density at radius 3 is 2.52 bits per heavy atom. The van der Waals surface area contributed by atoms with Crippen molar-refractivity contribution in [1.29, 1.82) is 0 Å². The van der Waals surface area contributed by atoms with Crippen LogP contribution in [0, 0.1) is 0 Å². The van der Waals surface area contributed by atoms with Gasteiger partial charge in [-0.15, -0.1) is 0 Å². The molecule has 2 amide bonds. The second-order valence-electron chi connectivity index (χ2n) is 5.98. The van der Waals surface area contributed by atoms with Crippen molar-refractivity contribution in [2.75, 3.05) is 30.0 Å². The number of anilines is 2. The van der Waals surface area contributed by atoms with E-state index in [1.165, 1.54) is 4.90 Å². The van der Waals surface area contributed by atoms with Gasteiger partial charge in [-0.2, -0.15) is 0 Å². The first-order valence-corrected chi connectivity index (χ1v) is 9.60. The molecular formula is C20H21BrN2O4. The summed E-state index contributed by atoms with van der Waals surface area (Å²) in [4.78, 5) is 26.4. The molecule has 142 valence electrons. The van der Waals surface area contributed by atoms with Crippen LogP contribution in [0.3, 0.4) is 0 Å². The monoisotopic (exact) mass is 432 g/mol. The minimum absolute atomic E-state index is 0.00279. The average Bonchev–Trinajstić information content (AvgIpc) is 2.65. The molecule has 0 spiro atoms. The summed E-state index contributed by atoms with van der Waals surface area (Å²) >= 11 is 3.51. The molecule has 0 aromatic heterocycles. The summed E-state index contributed by atoms with van der Waals surface area (Å²) in [6.45, 7) is 4.81. The fourth-order valence-electron chi connectivity index (χ4n) is 2.96. The van der Waals surface area contributed by atoms with Crippen molar-refractivity contribution in [2.24, 2.45) is 0 Å². The minimum Gasteiger partial charge on any atom is -0.490 e. The Morgan fingerprint density at radius 2 is 1.81 bits per heavy atom. The summed E-state index contributed by atoms with van der Waals surface area (Å²) in [7, 11) is 0. The lowest BCUT2D eigenvalue weighted by atomic mass is 10.1. The van der Waals surface area contributed by atoms with Crippen LogP contribution in [-0.2, 0) is 16.0 Å². The van der Waals surface area contributed by atoms with Gasteiger partial charge in [-0.05, 0) is 43.7 Å². The largest absolute Gasteiger partial charge is 0.490 e. The van der Waals surface area contributed by atoms with E-state index in [4.69, 9.17) is 9.47 Å². The maximum atomic E-state index is 13.0. The Labute approximate surface area is 166 Å². The molecule has 0 aliphatic carbocycles. The Hall–Kier alpha value is -2.54. The quantitative estimate of drug-likeness (QED) is 0.753. The second-order valence-corrected chi connectivity index (χ2v) is 6.83. The number of carbonyl (C=O) groups is 2. The lowest BCUT2D eigenvalue weighted by Crippen LogP contribution is -2.42. The Kier molecular flexibility index (Phi) is 6.01. The number of ether oxygens (including phenoxy) is 2. The van der Waals surface area contributed by atoms with Crippen molar-refractivity contribution < 1.29 is 19.1 Å². The lowest BCUT2D eigenvalue weighted by molar-refractivity contribution is -0.121. The molecule has 6 nitrogen and oxygen atoms in total. The molecule has 0 fully saturated rings. The zero-order valence-corrected chi connectivity index (χ0v) is 16.8. The molecule has 0 atom stereocenters. The van der Waals surface area contributed by atoms with Crippen molar-refractivity contribution in [3.63, 3.8) is 0 Å². The predicted molar refractivity (Wildman–Crippen MR) is 108 cm³/mol. The normalized spacial score (nSPS) is 13.0. The van der Waals surface area contributed by atoms with Crippen molar-refractivity contribution in [3.05, 3.63) is 46.4 Å². The van der Waals surface area contributed by atoms with Crippen LogP contribution in [0.1, 0.15) is 19.4 Å². The van der Waals surface area contributed by atoms with Crippen LogP contribution in [0.5, 0.6) is 11.5 Å². The van der Waals surface area contributed by atoms with Crippen LogP contribution in [0.4, 0.5) is 11.4 Å². The maximum absolute atomic E-state index is 13.0. The predicted octanol–water partition coefficient (Wildman–Crippen LogP) is 3.77. The molecule has 27 heavy (non-hydrogen) atoms. The molecule has 3 rings (SSSR count). The minimum atomic E-state index is -0.206. The summed E-state index contributed by atoms with van der Waals surface area (Å²) in [6.07, 6.45) is 0.134. The fourth-order valence-corrected chi connectivity index (χ4v) is 3.43. The molecule has 0 saturated heterocycles. The zero-order chi connectivity index (χ0) is 19.4. The first-order valence-electron chi connectivity index (χ1n) is 8.80. The molecule has 0 bridgehead atoms. The third kappa shape index (κ3) is 4.24. The van der Waals surface area contributed by atoms with Gasteiger partial charge in [-0.3, -0.25) is 9.59 Å². The molecule has 1 heterocycles. The van der Waals surface area contributed by atoms with E-state index >= 15 is 0 Å². The highest BCUT2D eigenvalue weighted by Crippen LogP contribution is 2.35. The molecule has 7 heteroatoms. The number of nitrogens with zero attached hydrogens (tertiary/aromatic N) is 1. The van der Waals surface area contributed by atoms with E-state index in [2.05, 4.69) is 21.2 Å². The molecule has 1 aliphatic rings. The second kappa shape index (κ2) is 8.43. The molecule has 2 aromatic carbocycles. The van der Waals surface area contributed by atoms with E-state index in [1.54, 1.807) is 6.07 Å². The van der Waals surface area contributed by atoms with E-state index in [1.807, 2.05) is 44.2 Å². The molecule has 0 radical (unpaired) electrons. The van der Waals surface area contributed by atoms with Gasteiger partial charge in [0.2, 0.25) is 11.8 Å². The molecule has 2 aromatic rings. The average molecular weight is 433 g/mol. The highest BCUT2D eigenvalue weighted by atomic mass is 79.9. The Bertz CT molecular complexity index is 869. The lowest BCUT2D eigenvalue weighted by Gasteiger charge is -2.29. The van der Waals surface area contributed by atoms with E-state index in [0.29, 0.717) is 36.1 Å². The van der Waals surface area contributed by atoms with E-state index in [9.17, 15) is 9.59 Å². The Balaban J connectivity index is 1.88. The van der Waals surface area contributed by atoms with Gasteiger partial charge in [0.15, 0.2) is 11.5 Å². The smallest absolute Gasteiger partial charge is 0.244 e. The highest BCUT2D eigenvalue weighted by Gasteiger charge is 2.27. The standard InChI is InChI=1S/C20H21BrN2O4/c1-3-26-17-9-13(14(21)11-18(17)27-4-2)10-20(25)23-12-19(24)22-15-7-5-6-8-16(15)23/h5-9,11H,3-4,10,12H2,1-2H3,(H,22,24). The van der Waals surface area contributed by atoms with Crippen molar-refractivity contribution in [3.8, 4) is 11.5 Å².